The molecule has 0 radical (unpaired) electrons. The maximum Gasteiger partial charge on any atom is 0.0413 e. The Morgan fingerprint density at radius 1 is 0.962 bits per heavy atom. The third kappa shape index (κ3) is 3.42. The number of rotatable bonds is 3. The molecule has 1 N–H and O–H groups in total. The Morgan fingerprint density at radius 2 is 1.50 bits per heavy atom. The minimum absolute atomic E-state index is 0.0951. The first kappa shape index (κ1) is 21.3. The van der Waals surface area contributed by atoms with Crippen LogP contribution in [0.4, 0.5) is 5.69 Å². The van der Waals surface area contributed by atoms with Crippen molar-refractivity contribution in [2.45, 2.75) is 99.7 Å². The van der Waals surface area contributed by atoms with E-state index in [1.165, 1.54) is 11.3 Å². The molecule has 1 aromatic rings. The van der Waals surface area contributed by atoms with Gasteiger partial charge < -0.3 is 10.2 Å². The summed E-state index contributed by atoms with van der Waals surface area (Å²) in [7, 11) is 0. The van der Waals surface area contributed by atoms with E-state index < -0.39 is 0 Å². The van der Waals surface area contributed by atoms with E-state index in [2.05, 4.69) is 105 Å². The lowest BCUT2D eigenvalue weighted by molar-refractivity contribution is 0.0627. The Balaban J connectivity index is 2.80. The van der Waals surface area contributed by atoms with Crippen molar-refractivity contribution in [1.82, 2.24) is 5.32 Å². The van der Waals surface area contributed by atoms with Crippen LogP contribution in [-0.2, 0) is 12.0 Å². The molecule has 1 aliphatic heterocycles. The zero-order valence-corrected chi connectivity index (χ0v) is 19.2. The van der Waals surface area contributed by atoms with Crippen LogP contribution in [0.25, 0.3) is 0 Å². The van der Waals surface area contributed by atoms with E-state index in [9.17, 15) is 0 Å². The number of benzene rings is 1. The Hall–Kier alpha value is -1.02. The number of nitrogens with zero attached hydrogens (tertiary/aromatic N) is 1. The normalized spacial score (nSPS) is 17.8. The quantitative estimate of drug-likeness (QED) is 0.699. The van der Waals surface area contributed by atoms with E-state index >= 15 is 0 Å². The summed E-state index contributed by atoms with van der Waals surface area (Å²) >= 11 is 0. The highest BCUT2D eigenvalue weighted by molar-refractivity contribution is 5.68. The summed E-state index contributed by atoms with van der Waals surface area (Å²) < 4.78 is 0. The molecule has 0 aliphatic carbocycles. The Kier molecular flexibility index (Phi) is 5.36. The predicted octanol–water partition coefficient (Wildman–Crippen LogP) is 6.13. The van der Waals surface area contributed by atoms with Crippen molar-refractivity contribution in [1.29, 1.82) is 0 Å². The summed E-state index contributed by atoms with van der Waals surface area (Å²) in [6.45, 7) is 28.1. The molecule has 0 bridgehead atoms. The average molecular weight is 359 g/mol. The highest BCUT2D eigenvalue weighted by Gasteiger charge is 2.58. The molecule has 148 valence electrons. The number of fused-ring (bicyclic) bond motifs is 1. The summed E-state index contributed by atoms with van der Waals surface area (Å²) in [5, 5.41) is 3.67. The van der Waals surface area contributed by atoms with Crippen molar-refractivity contribution in [3.8, 4) is 0 Å². The van der Waals surface area contributed by atoms with Crippen LogP contribution >= 0.6 is 0 Å². The van der Waals surface area contributed by atoms with E-state index in [0.717, 1.165) is 13.1 Å². The Bertz CT molecular complexity index is 622. The number of hydrogen-bond donors (Lipinski definition) is 1. The first-order valence-corrected chi connectivity index (χ1v) is 10.3. The van der Waals surface area contributed by atoms with E-state index in [1.807, 2.05) is 0 Å². The number of hydrogen-bond acceptors (Lipinski definition) is 2. The van der Waals surface area contributed by atoms with Gasteiger partial charge in [0.05, 0.1) is 0 Å². The largest absolute Gasteiger partial charge is 0.366 e. The fourth-order valence-corrected chi connectivity index (χ4v) is 5.11. The van der Waals surface area contributed by atoms with Gasteiger partial charge in [-0.3, -0.25) is 0 Å². The maximum absolute atomic E-state index is 3.67. The molecule has 26 heavy (non-hydrogen) atoms. The molecule has 1 aliphatic rings. The average Bonchev–Trinajstić information content (AvgIpc) is 2.81. The van der Waals surface area contributed by atoms with Gasteiger partial charge in [0.2, 0.25) is 0 Å². The SMILES string of the molecule is CC(C)NCc1cccc2c1C(C(C)(C)C)(C(C)(C)C)CN2C(C)(C)C. The minimum atomic E-state index is 0.0951. The zero-order chi connectivity index (χ0) is 20.1. The lowest BCUT2D eigenvalue weighted by Crippen LogP contribution is -2.55. The Morgan fingerprint density at radius 3 is 1.92 bits per heavy atom. The monoisotopic (exact) mass is 358 g/mol. The third-order valence-electron chi connectivity index (χ3n) is 6.31. The summed E-state index contributed by atoms with van der Waals surface area (Å²) in [5.74, 6) is 0. The summed E-state index contributed by atoms with van der Waals surface area (Å²) in [5.41, 5.74) is 5.00. The molecule has 0 aromatic heterocycles. The molecule has 1 heterocycles. The second-order valence-electron chi connectivity index (χ2n) is 11.5. The summed E-state index contributed by atoms with van der Waals surface area (Å²) in [6, 6.07) is 7.42. The zero-order valence-electron chi connectivity index (χ0n) is 19.2. The van der Waals surface area contributed by atoms with Crippen LogP contribution in [0.1, 0.15) is 87.3 Å². The lowest BCUT2D eigenvalue weighted by atomic mass is 9.51. The highest BCUT2D eigenvalue weighted by atomic mass is 15.2. The Labute approximate surface area is 162 Å². The molecular weight excluding hydrogens is 316 g/mol. The van der Waals surface area contributed by atoms with Gasteiger partial charge in [-0.05, 0) is 48.8 Å². The topological polar surface area (TPSA) is 15.3 Å². The first-order valence-electron chi connectivity index (χ1n) is 10.3. The van der Waals surface area contributed by atoms with Gasteiger partial charge in [0.1, 0.15) is 0 Å². The van der Waals surface area contributed by atoms with Crippen LogP contribution in [-0.4, -0.2) is 18.1 Å². The molecule has 2 heteroatoms. The molecule has 2 rings (SSSR count). The van der Waals surface area contributed by atoms with Crippen LogP contribution < -0.4 is 10.2 Å². The van der Waals surface area contributed by atoms with Crippen molar-refractivity contribution in [2.75, 3.05) is 11.4 Å². The van der Waals surface area contributed by atoms with E-state index in [1.54, 1.807) is 5.56 Å². The molecule has 0 fully saturated rings. The van der Waals surface area contributed by atoms with Gasteiger partial charge in [0.25, 0.3) is 0 Å². The van der Waals surface area contributed by atoms with Crippen LogP contribution in [0, 0.1) is 10.8 Å². The van der Waals surface area contributed by atoms with Crippen molar-refractivity contribution < 1.29 is 0 Å². The van der Waals surface area contributed by atoms with Crippen molar-refractivity contribution in [3.05, 3.63) is 29.3 Å². The molecular formula is C24H42N2. The molecule has 0 unspecified atom stereocenters. The second kappa shape index (κ2) is 6.55. The van der Waals surface area contributed by atoms with Gasteiger partial charge in [0.15, 0.2) is 0 Å². The van der Waals surface area contributed by atoms with Gasteiger partial charge in [-0.2, -0.15) is 0 Å². The molecule has 0 saturated heterocycles. The van der Waals surface area contributed by atoms with Crippen LogP contribution in [0.15, 0.2) is 18.2 Å². The van der Waals surface area contributed by atoms with Crippen molar-refractivity contribution >= 4 is 5.69 Å². The highest BCUT2D eigenvalue weighted by Crippen LogP contribution is 2.61. The van der Waals surface area contributed by atoms with Gasteiger partial charge in [-0.15, -0.1) is 0 Å². The lowest BCUT2D eigenvalue weighted by Gasteiger charge is -2.53. The fraction of sp³-hybridized carbons (Fsp3) is 0.750. The third-order valence-corrected chi connectivity index (χ3v) is 6.31. The van der Waals surface area contributed by atoms with E-state index in [-0.39, 0.29) is 21.8 Å². The first-order chi connectivity index (χ1) is 11.6. The van der Waals surface area contributed by atoms with Crippen LogP contribution in [0.5, 0.6) is 0 Å². The standard InChI is InChI=1S/C24H42N2/c1-17(2)25-15-18-13-12-14-19-20(18)24(21(3,4)5,22(6,7)8)16-26(19)23(9,10)11/h12-14,17,25H,15-16H2,1-11H3. The van der Waals surface area contributed by atoms with E-state index in [0.29, 0.717) is 6.04 Å². The van der Waals surface area contributed by atoms with E-state index in [4.69, 9.17) is 0 Å². The van der Waals surface area contributed by atoms with Crippen LogP contribution in [0.2, 0.25) is 0 Å². The second-order valence-corrected chi connectivity index (χ2v) is 11.5. The van der Waals surface area contributed by atoms with Gasteiger partial charge >= 0.3 is 0 Å². The number of nitrogens with one attached hydrogen (secondary N) is 1. The smallest absolute Gasteiger partial charge is 0.0413 e. The van der Waals surface area contributed by atoms with Crippen molar-refractivity contribution in [2.24, 2.45) is 10.8 Å². The molecule has 2 nitrogen and oxygen atoms in total. The molecule has 1 aromatic carbocycles. The summed E-state index contributed by atoms with van der Waals surface area (Å²) in [6.07, 6.45) is 0. The molecule has 0 spiro atoms. The van der Waals surface area contributed by atoms with Gasteiger partial charge in [0, 0.05) is 35.8 Å². The van der Waals surface area contributed by atoms with Gasteiger partial charge in [-0.1, -0.05) is 67.5 Å². The fourth-order valence-electron chi connectivity index (χ4n) is 5.11. The van der Waals surface area contributed by atoms with Crippen molar-refractivity contribution in [3.63, 3.8) is 0 Å². The maximum atomic E-state index is 3.67. The molecule has 0 amide bonds. The molecule has 0 saturated carbocycles. The van der Waals surface area contributed by atoms with Crippen LogP contribution in [0.3, 0.4) is 0 Å². The predicted molar refractivity (Wildman–Crippen MR) is 116 cm³/mol. The van der Waals surface area contributed by atoms with Gasteiger partial charge in [-0.25, -0.2) is 0 Å². The summed E-state index contributed by atoms with van der Waals surface area (Å²) in [4.78, 5) is 2.65. The minimum Gasteiger partial charge on any atom is -0.366 e. The number of anilines is 1. The molecule has 0 atom stereocenters.